The van der Waals surface area contributed by atoms with Crippen LogP contribution in [0.15, 0.2) is 4.99 Å². The first-order chi connectivity index (χ1) is 6.71. The molecule has 1 unspecified atom stereocenters. The largest absolute Gasteiger partial charge is 0.370 e. The quantitative estimate of drug-likeness (QED) is 0.516. The number of rotatable bonds is 1. The number of nitrogens with one attached hydrogen (secondary N) is 1. The number of guanidine groups is 1. The molecule has 0 amide bonds. The Labute approximate surface area is 93.5 Å². The lowest BCUT2D eigenvalue weighted by Crippen LogP contribution is -2.46. The first kappa shape index (κ1) is 12.3. The summed E-state index contributed by atoms with van der Waals surface area (Å²) in [6, 6.07) is 0.382. The third-order valence-corrected chi connectivity index (χ3v) is 3.00. The molecular weight excluding hydrogens is 186 g/mol. The summed E-state index contributed by atoms with van der Waals surface area (Å²) in [5, 5.41) is 3.21. The molecule has 1 rings (SSSR count). The minimum Gasteiger partial charge on any atom is -0.370 e. The Morgan fingerprint density at radius 3 is 2.40 bits per heavy atom. The molecule has 0 heterocycles. The molecule has 3 heteroatoms. The molecule has 0 radical (unpaired) electrons. The Morgan fingerprint density at radius 2 is 2.00 bits per heavy atom. The van der Waals surface area contributed by atoms with Crippen LogP contribution in [-0.4, -0.2) is 17.5 Å². The van der Waals surface area contributed by atoms with Gasteiger partial charge in [0.15, 0.2) is 5.96 Å². The third kappa shape index (κ3) is 3.73. The molecule has 3 nitrogen and oxygen atoms in total. The summed E-state index contributed by atoms with van der Waals surface area (Å²) in [5.41, 5.74) is 6.21. The maximum absolute atomic E-state index is 5.90. The second kappa shape index (κ2) is 4.03. The monoisotopic (exact) mass is 211 g/mol. The van der Waals surface area contributed by atoms with Gasteiger partial charge in [-0.15, -0.1) is 0 Å². The van der Waals surface area contributed by atoms with Crippen molar-refractivity contribution in [2.45, 2.75) is 65.5 Å². The molecule has 0 spiro atoms. The minimum absolute atomic E-state index is 0.00364. The van der Waals surface area contributed by atoms with Crippen LogP contribution in [0.3, 0.4) is 0 Å². The second-order valence-corrected chi connectivity index (χ2v) is 6.29. The lowest BCUT2D eigenvalue weighted by Gasteiger charge is -2.26. The van der Waals surface area contributed by atoms with E-state index in [1.807, 2.05) is 0 Å². The third-order valence-electron chi connectivity index (χ3n) is 3.00. The molecule has 3 N–H and O–H groups in total. The normalized spacial score (nSPS) is 26.7. The van der Waals surface area contributed by atoms with Gasteiger partial charge in [0, 0.05) is 5.54 Å². The van der Waals surface area contributed by atoms with E-state index < -0.39 is 0 Å². The molecule has 1 atom stereocenters. The van der Waals surface area contributed by atoms with E-state index in [0.29, 0.717) is 17.4 Å². The van der Waals surface area contributed by atoms with E-state index in [4.69, 9.17) is 5.73 Å². The van der Waals surface area contributed by atoms with Gasteiger partial charge in [-0.05, 0) is 39.0 Å². The van der Waals surface area contributed by atoms with E-state index in [0.717, 1.165) is 0 Å². The van der Waals surface area contributed by atoms with Crippen LogP contribution in [0.1, 0.15) is 53.9 Å². The van der Waals surface area contributed by atoms with E-state index in [1.165, 1.54) is 19.3 Å². The molecule has 15 heavy (non-hydrogen) atoms. The van der Waals surface area contributed by atoms with Gasteiger partial charge in [0.1, 0.15) is 0 Å². The average molecular weight is 211 g/mol. The Morgan fingerprint density at radius 1 is 1.40 bits per heavy atom. The predicted octanol–water partition coefficient (Wildman–Crippen LogP) is 2.27. The second-order valence-electron chi connectivity index (χ2n) is 6.29. The highest BCUT2D eigenvalue weighted by Gasteiger charge is 2.34. The molecule has 0 aliphatic heterocycles. The van der Waals surface area contributed by atoms with Crippen molar-refractivity contribution in [2.75, 3.05) is 0 Å². The molecule has 0 aromatic heterocycles. The van der Waals surface area contributed by atoms with Crippen LogP contribution in [0.5, 0.6) is 0 Å². The van der Waals surface area contributed by atoms with Gasteiger partial charge in [0.25, 0.3) is 0 Å². The Balaban J connectivity index is 2.63. The number of hydrogen-bond donors (Lipinski definition) is 2. The smallest absolute Gasteiger partial charge is 0.189 e. The predicted molar refractivity (Wildman–Crippen MR) is 65.9 cm³/mol. The van der Waals surface area contributed by atoms with E-state index in [1.54, 1.807) is 0 Å². The first-order valence-corrected chi connectivity index (χ1v) is 5.82. The Kier molecular flexibility index (Phi) is 3.31. The van der Waals surface area contributed by atoms with Crippen molar-refractivity contribution < 1.29 is 0 Å². The maximum Gasteiger partial charge on any atom is 0.189 e. The van der Waals surface area contributed by atoms with Gasteiger partial charge in [-0.3, -0.25) is 0 Å². The highest BCUT2D eigenvalue weighted by molar-refractivity contribution is 5.78. The summed E-state index contributed by atoms with van der Waals surface area (Å²) in [4.78, 5) is 4.60. The lowest BCUT2D eigenvalue weighted by atomic mass is 9.88. The van der Waals surface area contributed by atoms with Gasteiger partial charge in [-0.25, -0.2) is 4.99 Å². The van der Waals surface area contributed by atoms with Crippen LogP contribution in [0, 0.1) is 5.41 Å². The first-order valence-electron chi connectivity index (χ1n) is 5.82. The number of aliphatic imine (C=N–C) groups is 1. The highest BCUT2D eigenvalue weighted by Crippen LogP contribution is 2.39. The standard InChI is InChI=1S/C12H25N3/c1-11(2,3)15-10(13)14-9-7-6-8-12(9,4)5/h9H,6-8H2,1-5H3,(H3,13,14,15). The number of hydrogen-bond acceptors (Lipinski definition) is 1. The van der Waals surface area contributed by atoms with Gasteiger partial charge >= 0.3 is 0 Å². The highest BCUT2D eigenvalue weighted by atomic mass is 15.1. The molecule has 88 valence electrons. The van der Waals surface area contributed by atoms with E-state index >= 15 is 0 Å². The van der Waals surface area contributed by atoms with Crippen LogP contribution in [-0.2, 0) is 0 Å². The van der Waals surface area contributed by atoms with Crippen molar-refractivity contribution in [1.29, 1.82) is 0 Å². The topological polar surface area (TPSA) is 50.4 Å². The van der Waals surface area contributed by atoms with Crippen LogP contribution in [0.2, 0.25) is 0 Å². The van der Waals surface area contributed by atoms with Crippen molar-refractivity contribution in [3.05, 3.63) is 0 Å². The van der Waals surface area contributed by atoms with Crippen molar-refractivity contribution >= 4 is 5.96 Å². The Hall–Kier alpha value is -0.730. The molecule has 0 aromatic rings. The maximum atomic E-state index is 5.90. The molecule has 0 saturated heterocycles. The summed E-state index contributed by atoms with van der Waals surface area (Å²) in [6.07, 6.45) is 3.69. The van der Waals surface area contributed by atoms with Gasteiger partial charge in [-0.1, -0.05) is 20.3 Å². The SMILES string of the molecule is CC(C)(C)NC(N)=NC1CCCC1(C)C. The van der Waals surface area contributed by atoms with Crippen LogP contribution >= 0.6 is 0 Å². The van der Waals surface area contributed by atoms with Crippen LogP contribution < -0.4 is 11.1 Å². The fourth-order valence-electron chi connectivity index (χ4n) is 2.13. The zero-order chi connectivity index (χ0) is 11.7. The van der Waals surface area contributed by atoms with Crippen molar-refractivity contribution in [3.8, 4) is 0 Å². The minimum atomic E-state index is -0.00364. The zero-order valence-corrected chi connectivity index (χ0v) is 10.7. The van der Waals surface area contributed by atoms with Gasteiger partial charge in [-0.2, -0.15) is 0 Å². The molecule has 1 aliphatic carbocycles. The Bertz CT molecular complexity index is 248. The van der Waals surface area contributed by atoms with Gasteiger partial charge in [0.05, 0.1) is 6.04 Å². The fourth-order valence-corrected chi connectivity index (χ4v) is 2.13. The van der Waals surface area contributed by atoms with E-state index in [9.17, 15) is 0 Å². The molecule has 1 fully saturated rings. The van der Waals surface area contributed by atoms with Crippen LogP contribution in [0.4, 0.5) is 0 Å². The van der Waals surface area contributed by atoms with Crippen molar-refractivity contribution in [2.24, 2.45) is 16.1 Å². The average Bonchev–Trinajstić information content (AvgIpc) is 2.26. The summed E-state index contributed by atoms with van der Waals surface area (Å²) >= 11 is 0. The van der Waals surface area contributed by atoms with E-state index in [-0.39, 0.29) is 5.54 Å². The van der Waals surface area contributed by atoms with E-state index in [2.05, 4.69) is 44.9 Å². The fraction of sp³-hybridized carbons (Fsp3) is 0.917. The van der Waals surface area contributed by atoms with Gasteiger partial charge < -0.3 is 11.1 Å². The molecular formula is C12H25N3. The molecule has 0 aromatic carbocycles. The summed E-state index contributed by atoms with van der Waals surface area (Å²) < 4.78 is 0. The molecule has 0 bridgehead atoms. The van der Waals surface area contributed by atoms with Crippen LogP contribution in [0.25, 0.3) is 0 Å². The van der Waals surface area contributed by atoms with Crippen molar-refractivity contribution in [1.82, 2.24) is 5.32 Å². The number of nitrogens with two attached hydrogens (primary N) is 1. The summed E-state index contributed by atoms with van der Waals surface area (Å²) in [7, 11) is 0. The molecule has 1 aliphatic rings. The van der Waals surface area contributed by atoms with Crippen molar-refractivity contribution in [3.63, 3.8) is 0 Å². The van der Waals surface area contributed by atoms with Gasteiger partial charge in [0.2, 0.25) is 0 Å². The summed E-state index contributed by atoms with van der Waals surface area (Å²) in [6.45, 7) is 10.8. The zero-order valence-electron chi connectivity index (χ0n) is 10.7. The molecule has 1 saturated carbocycles. The number of nitrogens with zero attached hydrogens (tertiary/aromatic N) is 1. The summed E-state index contributed by atoms with van der Waals surface area (Å²) in [5.74, 6) is 0.586. The lowest BCUT2D eigenvalue weighted by molar-refractivity contribution is 0.332.